The van der Waals surface area contributed by atoms with Crippen molar-refractivity contribution in [2.24, 2.45) is 5.92 Å². The molecule has 2 aliphatic rings. The minimum Gasteiger partial charge on any atom is -0.380 e. The molecule has 1 aromatic carbocycles. The normalized spacial score (nSPS) is 26.6. The second-order valence-corrected chi connectivity index (χ2v) is 4.92. The molecule has 0 spiro atoms. The summed E-state index contributed by atoms with van der Waals surface area (Å²) in [7, 11) is 0. The van der Waals surface area contributed by atoms with Gasteiger partial charge in [0.25, 0.3) is 0 Å². The fraction of sp³-hybridized carbons (Fsp3) is 0.462. The molecule has 0 aromatic heterocycles. The molecule has 4 heteroatoms. The largest absolute Gasteiger partial charge is 0.380 e. The molecule has 1 fully saturated rings. The number of amides is 1. The maximum Gasteiger partial charge on any atom is 0.229 e. The first-order chi connectivity index (χ1) is 8.15. The zero-order valence-electron chi connectivity index (χ0n) is 9.72. The van der Waals surface area contributed by atoms with Crippen LogP contribution in [0.5, 0.6) is 0 Å². The molecule has 0 bridgehead atoms. The quantitative estimate of drug-likeness (QED) is 0.724. The van der Waals surface area contributed by atoms with Gasteiger partial charge >= 0.3 is 0 Å². The highest BCUT2D eigenvalue weighted by molar-refractivity contribution is 5.98. The van der Waals surface area contributed by atoms with Gasteiger partial charge in [0, 0.05) is 6.04 Å². The molecule has 1 saturated carbocycles. The van der Waals surface area contributed by atoms with Crippen LogP contribution in [-0.2, 0) is 4.79 Å². The monoisotopic (exact) mass is 234 g/mol. The van der Waals surface area contributed by atoms with Crippen LogP contribution in [0.25, 0.3) is 0 Å². The first kappa shape index (κ1) is 10.6. The van der Waals surface area contributed by atoms with Gasteiger partial charge in [-0.25, -0.2) is 4.39 Å². The minimum atomic E-state index is -0.280. The zero-order chi connectivity index (χ0) is 12.0. The molecule has 1 heterocycles. The van der Waals surface area contributed by atoms with Crippen molar-refractivity contribution in [1.82, 2.24) is 0 Å². The van der Waals surface area contributed by atoms with Gasteiger partial charge in [0.2, 0.25) is 5.91 Å². The summed E-state index contributed by atoms with van der Waals surface area (Å²) < 4.78 is 13.5. The second kappa shape index (κ2) is 3.72. The predicted molar refractivity (Wildman–Crippen MR) is 64.5 cm³/mol. The zero-order valence-corrected chi connectivity index (χ0v) is 9.72. The van der Waals surface area contributed by atoms with Crippen LogP contribution in [0.4, 0.5) is 15.8 Å². The molecule has 0 radical (unpaired) electrons. The van der Waals surface area contributed by atoms with Crippen LogP contribution in [0.1, 0.15) is 24.8 Å². The van der Waals surface area contributed by atoms with Gasteiger partial charge in [0.05, 0.1) is 17.3 Å². The van der Waals surface area contributed by atoms with Crippen molar-refractivity contribution >= 4 is 17.3 Å². The Labute approximate surface area is 99.4 Å². The Hall–Kier alpha value is -1.58. The molecule has 3 nitrogen and oxygen atoms in total. The molecule has 1 aliphatic heterocycles. The molecule has 1 aliphatic carbocycles. The molecule has 17 heavy (non-hydrogen) atoms. The predicted octanol–water partition coefficient (Wildman–Crippen LogP) is 2.67. The average Bonchev–Trinajstić information content (AvgIpc) is 2.69. The lowest BCUT2D eigenvalue weighted by Gasteiger charge is -2.16. The molecular weight excluding hydrogens is 219 g/mol. The van der Waals surface area contributed by atoms with Crippen LogP contribution < -0.4 is 10.6 Å². The van der Waals surface area contributed by atoms with E-state index in [0.717, 1.165) is 24.9 Å². The maximum atomic E-state index is 13.5. The van der Waals surface area contributed by atoms with Crippen LogP contribution in [-0.4, -0.2) is 11.9 Å². The third-order valence-corrected chi connectivity index (χ3v) is 3.75. The van der Waals surface area contributed by atoms with E-state index in [0.29, 0.717) is 11.3 Å². The van der Waals surface area contributed by atoms with Crippen molar-refractivity contribution in [1.29, 1.82) is 0 Å². The molecule has 1 aromatic rings. The number of aryl methyl sites for hydroxylation is 1. The van der Waals surface area contributed by atoms with Crippen molar-refractivity contribution in [3.05, 3.63) is 23.5 Å². The van der Waals surface area contributed by atoms with Crippen LogP contribution in [0, 0.1) is 18.7 Å². The van der Waals surface area contributed by atoms with Gasteiger partial charge in [-0.05, 0) is 37.5 Å². The van der Waals surface area contributed by atoms with Gasteiger partial charge in [-0.1, -0.05) is 6.42 Å². The summed E-state index contributed by atoms with van der Waals surface area (Å²) in [6.07, 6.45) is 3.00. The highest BCUT2D eigenvalue weighted by atomic mass is 19.1. The van der Waals surface area contributed by atoms with Crippen LogP contribution in [0.2, 0.25) is 0 Å². The third-order valence-electron chi connectivity index (χ3n) is 3.75. The Kier molecular flexibility index (Phi) is 2.31. The van der Waals surface area contributed by atoms with E-state index in [1.165, 1.54) is 6.07 Å². The van der Waals surface area contributed by atoms with Gasteiger partial charge in [0.1, 0.15) is 5.82 Å². The molecule has 2 N–H and O–H groups in total. The van der Waals surface area contributed by atoms with Gasteiger partial charge < -0.3 is 10.6 Å². The number of nitrogens with one attached hydrogen (secondary N) is 2. The van der Waals surface area contributed by atoms with Gasteiger partial charge in [0.15, 0.2) is 0 Å². The number of rotatable bonds is 0. The van der Waals surface area contributed by atoms with E-state index in [-0.39, 0.29) is 23.7 Å². The van der Waals surface area contributed by atoms with Crippen LogP contribution in [0.3, 0.4) is 0 Å². The van der Waals surface area contributed by atoms with Crippen molar-refractivity contribution in [3.63, 3.8) is 0 Å². The lowest BCUT2D eigenvalue weighted by molar-refractivity contribution is -0.119. The summed E-state index contributed by atoms with van der Waals surface area (Å²) >= 11 is 0. The standard InChI is InChI=1S/C13H15FN2O/c1-7-5-11-12(6-9(7)14)16-13(17)8-3-2-4-10(8)15-11/h5-6,8,10,15H,2-4H2,1H3,(H,16,17). The van der Waals surface area contributed by atoms with E-state index in [9.17, 15) is 9.18 Å². The number of anilines is 2. The second-order valence-electron chi connectivity index (χ2n) is 4.92. The Morgan fingerprint density at radius 3 is 2.94 bits per heavy atom. The molecule has 2 unspecified atom stereocenters. The van der Waals surface area contributed by atoms with E-state index in [2.05, 4.69) is 10.6 Å². The van der Waals surface area contributed by atoms with Crippen molar-refractivity contribution in [2.45, 2.75) is 32.2 Å². The molecule has 0 saturated heterocycles. The van der Waals surface area contributed by atoms with Crippen LogP contribution in [0.15, 0.2) is 12.1 Å². The lowest BCUT2D eigenvalue weighted by Crippen LogP contribution is -2.30. The number of carbonyl (C=O) groups is 1. The fourth-order valence-electron chi connectivity index (χ4n) is 2.78. The highest BCUT2D eigenvalue weighted by Gasteiger charge is 2.35. The van der Waals surface area contributed by atoms with Gasteiger partial charge in [-0.15, -0.1) is 0 Å². The number of hydrogen-bond acceptors (Lipinski definition) is 2. The Morgan fingerprint density at radius 2 is 2.12 bits per heavy atom. The minimum absolute atomic E-state index is 0.0157. The summed E-state index contributed by atoms with van der Waals surface area (Å²) in [5.74, 6) is -0.245. The molecular formula is C13H15FN2O. The van der Waals surface area contributed by atoms with Crippen molar-refractivity contribution in [2.75, 3.05) is 10.6 Å². The first-order valence-corrected chi connectivity index (χ1v) is 6.02. The lowest BCUT2D eigenvalue weighted by atomic mass is 10.0. The Bertz CT molecular complexity index is 487. The summed E-state index contributed by atoms with van der Waals surface area (Å²) in [6.45, 7) is 1.73. The smallest absolute Gasteiger partial charge is 0.229 e. The van der Waals surface area contributed by atoms with E-state index in [4.69, 9.17) is 0 Å². The Balaban J connectivity index is 2.04. The average molecular weight is 234 g/mol. The van der Waals surface area contributed by atoms with Gasteiger partial charge in [-0.2, -0.15) is 0 Å². The number of carbonyl (C=O) groups excluding carboxylic acids is 1. The SMILES string of the molecule is Cc1cc2c(cc1F)NC(=O)C1CCCC1N2. The summed E-state index contributed by atoms with van der Waals surface area (Å²) in [6, 6.07) is 3.36. The van der Waals surface area contributed by atoms with E-state index in [1.807, 2.05) is 0 Å². The summed E-state index contributed by atoms with van der Waals surface area (Å²) in [4.78, 5) is 12.0. The molecule has 1 amide bonds. The Morgan fingerprint density at radius 1 is 1.29 bits per heavy atom. The van der Waals surface area contributed by atoms with E-state index in [1.54, 1.807) is 13.0 Å². The van der Waals surface area contributed by atoms with E-state index < -0.39 is 0 Å². The number of halogens is 1. The van der Waals surface area contributed by atoms with Crippen molar-refractivity contribution in [3.8, 4) is 0 Å². The number of hydrogen-bond donors (Lipinski definition) is 2. The maximum absolute atomic E-state index is 13.5. The summed E-state index contributed by atoms with van der Waals surface area (Å²) in [5.41, 5.74) is 2.00. The number of benzene rings is 1. The van der Waals surface area contributed by atoms with Crippen molar-refractivity contribution < 1.29 is 9.18 Å². The summed E-state index contributed by atoms with van der Waals surface area (Å²) in [5, 5.41) is 6.19. The third kappa shape index (κ3) is 1.68. The van der Waals surface area contributed by atoms with Crippen LogP contribution >= 0.6 is 0 Å². The molecule has 3 rings (SSSR count). The first-order valence-electron chi connectivity index (χ1n) is 6.02. The number of fused-ring (bicyclic) bond motifs is 2. The van der Waals surface area contributed by atoms with E-state index >= 15 is 0 Å². The highest BCUT2D eigenvalue weighted by Crippen LogP contribution is 2.36. The molecule has 90 valence electrons. The molecule has 2 atom stereocenters. The topological polar surface area (TPSA) is 41.1 Å². The van der Waals surface area contributed by atoms with Gasteiger partial charge in [-0.3, -0.25) is 4.79 Å². The fourth-order valence-corrected chi connectivity index (χ4v) is 2.78.